The first kappa shape index (κ1) is 26.4. The molecule has 37 heavy (non-hydrogen) atoms. The number of para-hydroxylation sites is 1. The number of aromatic nitrogens is 1. The Kier molecular flexibility index (Phi) is 8.93. The predicted molar refractivity (Wildman–Crippen MR) is 142 cm³/mol. The van der Waals surface area contributed by atoms with Crippen LogP contribution in [0.1, 0.15) is 60.4 Å². The quantitative estimate of drug-likeness (QED) is 0.135. The SMILES string of the molecule is COC(=O)c1ccc2c(C3CCCCC3)c(-c3cccc(OC)c3OC[C@@H](CO)CCN=[N+]=[N-])[nH]c2c1. The Morgan fingerprint density at radius 1 is 1.22 bits per heavy atom. The van der Waals surface area contributed by atoms with Crippen LogP contribution in [0.15, 0.2) is 41.5 Å². The summed E-state index contributed by atoms with van der Waals surface area (Å²) in [5, 5.41) is 14.5. The number of esters is 1. The maximum Gasteiger partial charge on any atom is 0.337 e. The van der Waals surface area contributed by atoms with E-state index in [1.807, 2.05) is 36.4 Å². The molecule has 0 amide bonds. The molecule has 1 aromatic heterocycles. The van der Waals surface area contributed by atoms with Gasteiger partial charge in [0.05, 0.1) is 32.1 Å². The highest BCUT2D eigenvalue weighted by molar-refractivity contribution is 5.98. The molecule has 0 aliphatic heterocycles. The van der Waals surface area contributed by atoms with Gasteiger partial charge in [-0.15, -0.1) is 0 Å². The largest absolute Gasteiger partial charge is 0.493 e. The zero-order valence-electron chi connectivity index (χ0n) is 21.4. The van der Waals surface area contributed by atoms with Crippen LogP contribution in [0.25, 0.3) is 32.6 Å². The second kappa shape index (κ2) is 12.5. The molecule has 9 heteroatoms. The number of azide groups is 1. The van der Waals surface area contributed by atoms with Crippen molar-refractivity contribution in [1.82, 2.24) is 4.98 Å². The van der Waals surface area contributed by atoms with Gasteiger partial charge in [0, 0.05) is 40.4 Å². The molecule has 1 fully saturated rings. The average Bonchev–Trinajstić information content (AvgIpc) is 3.33. The minimum atomic E-state index is -0.376. The van der Waals surface area contributed by atoms with Crippen molar-refractivity contribution >= 4 is 16.9 Å². The Hall–Kier alpha value is -3.68. The minimum absolute atomic E-state index is 0.0819. The lowest BCUT2D eigenvalue weighted by Crippen LogP contribution is -2.17. The molecule has 3 aromatic rings. The van der Waals surface area contributed by atoms with E-state index in [1.54, 1.807) is 7.11 Å². The number of benzene rings is 2. The Morgan fingerprint density at radius 2 is 2.03 bits per heavy atom. The minimum Gasteiger partial charge on any atom is -0.493 e. The van der Waals surface area contributed by atoms with E-state index in [-0.39, 0.29) is 25.1 Å². The van der Waals surface area contributed by atoms with Crippen LogP contribution in [-0.4, -0.2) is 50.0 Å². The van der Waals surface area contributed by atoms with E-state index >= 15 is 0 Å². The van der Waals surface area contributed by atoms with E-state index in [9.17, 15) is 9.90 Å². The van der Waals surface area contributed by atoms with Gasteiger partial charge in [0.25, 0.3) is 0 Å². The molecule has 0 saturated heterocycles. The summed E-state index contributed by atoms with van der Waals surface area (Å²) < 4.78 is 16.9. The highest BCUT2D eigenvalue weighted by Gasteiger charge is 2.27. The van der Waals surface area contributed by atoms with Gasteiger partial charge in [-0.1, -0.05) is 36.5 Å². The molecule has 196 valence electrons. The number of fused-ring (bicyclic) bond motifs is 1. The van der Waals surface area contributed by atoms with Crippen LogP contribution in [-0.2, 0) is 4.74 Å². The Morgan fingerprint density at radius 3 is 2.73 bits per heavy atom. The molecule has 0 bridgehead atoms. The number of H-pyrrole nitrogens is 1. The van der Waals surface area contributed by atoms with Gasteiger partial charge >= 0.3 is 5.97 Å². The van der Waals surface area contributed by atoms with Crippen LogP contribution in [0.4, 0.5) is 0 Å². The van der Waals surface area contributed by atoms with Crippen LogP contribution in [0, 0.1) is 5.92 Å². The van der Waals surface area contributed by atoms with Crippen molar-refractivity contribution in [2.75, 3.05) is 34.0 Å². The van der Waals surface area contributed by atoms with E-state index in [4.69, 9.17) is 19.7 Å². The lowest BCUT2D eigenvalue weighted by molar-refractivity contribution is 0.0601. The first-order valence-electron chi connectivity index (χ1n) is 12.8. The van der Waals surface area contributed by atoms with E-state index in [2.05, 4.69) is 15.0 Å². The molecule has 1 aliphatic rings. The first-order valence-corrected chi connectivity index (χ1v) is 12.8. The fourth-order valence-corrected chi connectivity index (χ4v) is 5.23. The molecule has 1 heterocycles. The lowest BCUT2D eigenvalue weighted by Gasteiger charge is -2.24. The second-order valence-electron chi connectivity index (χ2n) is 9.44. The maximum absolute atomic E-state index is 12.2. The van der Waals surface area contributed by atoms with Crippen molar-refractivity contribution in [3.63, 3.8) is 0 Å². The molecular formula is C28H34N4O5. The predicted octanol–water partition coefficient (Wildman–Crippen LogP) is 6.37. The topological polar surface area (TPSA) is 130 Å². The van der Waals surface area contributed by atoms with Gasteiger partial charge in [0.2, 0.25) is 0 Å². The van der Waals surface area contributed by atoms with Crippen LogP contribution in [0.5, 0.6) is 11.5 Å². The van der Waals surface area contributed by atoms with E-state index in [0.29, 0.717) is 35.9 Å². The molecule has 2 N–H and O–H groups in total. The summed E-state index contributed by atoms with van der Waals surface area (Å²) in [4.78, 5) is 18.6. The van der Waals surface area contributed by atoms with E-state index < -0.39 is 0 Å². The first-order chi connectivity index (χ1) is 18.1. The third-order valence-corrected chi connectivity index (χ3v) is 7.16. The number of nitrogens with zero attached hydrogens (tertiary/aromatic N) is 3. The van der Waals surface area contributed by atoms with Crippen molar-refractivity contribution in [2.45, 2.75) is 44.4 Å². The average molecular weight is 507 g/mol. The fraction of sp³-hybridized carbons (Fsp3) is 0.464. The summed E-state index contributed by atoms with van der Waals surface area (Å²) in [6, 6.07) is 11.5. The monoisotopic (exact) mass is 506 g/mol. The second-order valence-corrected chi connectivity index (χ2v) is 9.44. The molecular weight excluding hydrogens is 472 g/mol. The number of nitrogens with one attached hydrogen (secondary N) is 1. The third kappa shape index (κ3) is 5.84. The maximum atomic E-state index is 12.2. The smallest absolute Gasteiger partial charge is 0.337 e. The van der Waals surface area contributed by atoms with Crippen LogP contribution in [0.2, 0.25) is 0 Å². The summed E-state index contributed by atoms with van der Waals surface area (Å²) in [7, 11) is 2.99. The normalized spacial score (nSPS) is 14.7. The molecule has 0 radical (unpaired) electrons. The summed E-state index contributed by atoms with van der Waals surface area (Å²) in [6.45, 7) is 0.456. The standard InChI is InChI=1S/C28H34N4O5/c1-35-24-10-6-9-22(27(24)37-17-18(16-33)13-14-30-32-29)26-25(19-7-4-3-5-8-19)21-12-11-20(28(34)36-2)15-23(21)31-26/h6,9-12,15,18-19,31,33H,3-5,7-8,13-14,16-17H2,1-2H3/t18-/m1/s1. The molecule has 1 saturated carbocycles. The number of carbonyl (C=O) groups is 1. The van der Waals surface area contributed by atoms with Crippen molar-refractivity contribution in [2.24, 2.45) is 11.0 Å². The molecule has 2 aromatic carbocycles. The summed E-state index contributed by atoms with van der Waals surface area (Å²) in [5.41, 5.74) is 13.0. The Balaban J connectivity index is 1.80. The van der Waals surface area contributed by atoms with Gasteiger partial charge in [-0.05, 0) is 60.5 Å². The zero-order chi connectivity index (χ0) is 26.2. The number of hydrogen-bond donors (Lipinski definition) is 2. The van der Waals surface area contributed by atoms with E-state index in [0.717, 1.165) is 35.0 Å². The number of rotatable bonds is 11. The molecule has 1 aliphatic carbocycles. The van der Waals surface area contributed by atoms with Crippen molar-refractivity contribution in [1.29, 1.82) is 0 Å². The molecule has 9 nitrogen and oxygen atoms in total. The highest BCUT2D eigenvalue weighted by atomic mass is 16.5. The number of hydrogen-bond acceptors (Lipinski definition) is 6. The van der Waals surface area contributed by atoms with Gasteiger partial charge in [0.15, 0.2) is 11.5 Å². The molecule has 4 rings (SSSR count). The van der Waals surface area contributed by atoms with Gasteiger partial charge in [0.1, 0.15) is 0 Å². The van der Waals surface area contributed by atoms with E-state index in [1.165, 1.54) is 31.9 Å². The lowest BCUT2D eigenvalue weighted by atomic mass is 9.81. The molecule has 0 unspecified atom stereocenters. The van der Waals surface area contributed by atoms with Crippen LogP contribution >= 0.6 is 0 Å². The van der Waals surface area contributed by atoms with Crippen molar-refractivity contribution < 1.29 is 24.1 Å². The summed E-state index contributed by atoms with van der Waals surface area (Å²) >= 11 is 0. The molecule has 0 spiro atoms. The van der Waals surface area contributed by atoms with Crippen LogP contribution < -0.4 is 9.47 Å². The van der Waals surface area contributed by atoms with Gasteiger partial charge in [-0.3, -0.25) is 0 Å². The van der Waals surface area contributed by atoms with Crippen molar-refractivity contribution in [3.8, 4) is 22.8 Å². The molecule has 1 atom stereocenters. The summed E-state index contributed by atoms with van der Waals surface area (Å²) in [5.74, 6) is 0.996. The number of methoxy groups -OCH3 is 2. The van der Waals surface area contributed by atoms with Gasteiger partial charge < -0.3 is 24.3 Å². The summed E-state index contributed by atoms with van der Waals surface area (Å²) in [6.07, 6.45) is 6.33. The zero-order valence-corrected chi connectivity index (χ0v) is 21.4. The third-order valence-electron chi connectivity index (χ3n) is 7.16. The number of aliphatic hydroxyl groups is 1. The Bertz CT molecular complexity index is 1280. The fourth-order valence-electron chi connectivity index (χ4n) is 5.23. The van der Waals surface area contributed by atoms with Crippen molar-refractivity contribution in [3.05, 3.63) is 58.0 Å². The Labute approximate surface area is 216 Å². The number of aliphatic hydroxyl groups excluding tert-OH is 1. The number of ether oxygens (including phenoxy) is 3. The van der Waals surface area contributed by atoms with Crippen LogP contribution in [0.3, 0.4) is 0 Å². The van der Waals surface area contributed by atoms with Gasteiger partial charge in [-0.2, -0.15) is 0 Å². The number of carbonyl (C=O) groups excluding carboxylic acids is 1. The van der Waals surface area contributed by atoms with Gasteiger partial charge in [-0.25, -0.2) is 4.79 Å². The highest BCUT2D eigenvalue weighted by Crippen LogP contribution is 2.46. The number of aromatic amines is 1.